The van der Waals surface area contributed by atoms with E-state index in [2.05, 4.69) is 20.6 Å². The predicted octanol–water partition coefficient (Wildman–Crippen LogP) is 2.01. The number of nitrogens with zero attached hydrogens (tertiary/aromatic N) is 1. The smallest absolute Gasteiger partial charge is 0.224 e. The summed E-state index contributed by atoms with van der Waals surface area (Å²) in [5.41, 5.74) is 1.75. The first-order valence-corrected chi connectivity index (χ1v) is 6.34. The maximum Gasteiger partial charge on any atom is 0.224 e. The summed E-state index contributed by atoms with van der Waals surface area (Å²) in [4.78, 5) is 19.0. The molecule has 100 valence electrons. The molecule has 19 heavy (non-hydrogen) atoms. The van der Waals surface area contributed by atoms with E-state index in [0.717, 1.165) is 30.0 Å². The summed E-state index contributed by atoms with van der Waals surface area (Å²) in [5.74, 6) is 0.832. The van der Waals surface area contributed by atoms with E-state index in [0.29, 0.717) is 6.42 Å². The van der Waals surface area contributed by atoms with Gasteiger partial charge in [0.2, 0.25) is 5.91 Å². The standard InChI is InChI=1S/C14H18N4O/c1-15-7-3-6-13(19)18-12-5-2-4-11(10-12)14-16-8-9-17-14/h2,4-5,8-10,15H,3,6-7H2,1H3,(H,16,17)(H,18,19). The lowest BCUT2D eigenvalue weighted by molar-refractivity contribution is -0.116. The molecule has 0 saturated carbocycles. The van der Waals surface area contributed by atoms with Crippen molar-refractivity contribution in [3.05, 3.63) is 36.7 Å². The van der Waals surface area contributed by atoms with E-state index >= 15 is 0 Å². The fraction of sp³-hybridized carbons (Fsp3) is 0.286. The van der Waals surface area contributed by atoms with E-state index < -0.39 is 0 Å². The summed E-state index contributed by atoms with van der Waals surface area (Å²) in [6.07, 6.45) is 4.84. The molecule has 0 aliphatic heterocycles. The maximum absolute atomic E-state index is 11.7. The number of imidazole rings is 1. The minimum atomic E-state index is 0.0341. The van der Waals surface area contributed by atoms with Gasteiger partial charge in [0.15, 0.2) is 0 Å². The van der Waals surface area contributed by atoms with Crippen LogP contribution in [-0.4, -0.2) is 29.5 Å². The molecule has 5 nitrogen and oxygen atoms in total. The average Bonchev–Trinajstić information content (AvgIpc) is 2.93. The molecule has 1 amide bonds. The highest BCUT2D eigenvalue weighted by molar-refractivity contribution is 5.91. The molecule has 0 fully saturated rings. The fourth-order valence-electron chi connectivity index (χ4n) is 1.82. The topological polar surface area (TPSA) is 69.8 Å². The number of rotatable bonds is 6. The fourth-order valence-corrected chi connectivity index (χ4v) is 1.82. The molecule has 3 N–H and O–H groups in total. The zero-order chi connectivity index (χ0) is 13.5. The van der Waals surface area contributed by atoms with Gasteiger partial charge < -0.3 is 15.6 Å². The van der Waals surface area contributed by atoms with Crippen LogP contribution in [-0.2, 0) is 4.79 Å². The van der Waals surface area contributed by atoms with Gasteiger partial charge in [-0.1, -0.05) is 12.1 Å². The van der Waals surface area contributed by atoms with Crippen molar-refractivity contribution in [1.82, 2.24) is 15.3 Å². The Morgan fingerprint density at radius 1 is 1.42 bits per heavy atom. The molecule has 1 heterocycles. The number of nitrogens with one attached hydrogen (secondary N) is 3. The third-order valence-corrected chi connectivity index (χ3v) is 2.75. The molecule has 2 rings (SSSR count). The number of H-pyrrole nitrogens is 1. The van der Waals surface area contributed by atoms with E-state index in [4.69, 9.17) is 0 Å². The van der Waals surface area contributed by atoms with Crippen LogP contribution < -0.4 is 10.6 Å². The molecule has 0 unspecified atom stereocenters. The minimum Gasteiger partial charge on any atom is -0.345 e. The molecule has 0 saturated heterocycles. The quantitative estimate of drug-likeness (QED) is 0.694. The molecular weight excluding hydrogens is 240 g/mol. The van der Waals surface area contributed by atoms with Gasteiger partial charge in [0.05, 0.1) is 0 Å². The molecule has 0 aliphatic carbocycles. The van der Waals surface area contributed by atoms with Crippen LogP contribution in [0.15, 0.2) is 36.7 Å². The molecule has 0 bridgehead atoms. The van der Waals surface area contributed by atoms with Crippen LogP contribution in [0.4, 0.5) is 5.69 Å². The minimum absolute atomic E-state index is 0.0341. The van der Waals surface area contributed by atoms with Crippen LogP contribution in [0.3, 0.4) is 0 Å². The van der Waals surface area contributed by atoms with Crippen molar-refractivity contribution in [3.8, 4) is 11.4 Å². The van der Waals surface area contributed by atoms with Gasteiger partial charge >= 0.3 is 0 Å². The van der Waals surface area contributed by atoms with Crippen LogP contribution >= 0.6 is 0 Å². The number of carbonyl (C=O) groups excluding carboxylic acids is 1. The number of carbonyl (C=O) groups is 1. The Kier molecular flexibility index (Phi) is 4.69. The van der Waals surface area contributed by atoms with Crippen LogP contribution in [0.5, 0.6) is 0 Å². The normalized spacial score (nSPS) is 10.4. The van der Waals surface area contributed by atoms with E-state index in [9.17, 15) is 4.79 Å². The Balaban J connectivity index is 1.97. The van der Waals surface area contributed by atoms with Gasteiger partial charge in [-0.15, -0.1) is 0 Å². The summed E-state index contributed by atoms with van der Waals surface area (Å²) in [5, 5.41) is 5.92. The summed E-state index contributed by atoms with van der Waals surface area (Å²) in [6.45, 7) is 0.847. The SMILES string of the molecule is CNCCCC(=O)Nc1cccc(-c2ncc[nH]2)c1. The van der Waals surface area contributed by atoms with Gasteiger partial charge in [-0.3, -0.25) is 4.79 Å². The lowest BCUT2D eigenvalue weighted by Crippen LogP contribution is -2.15. The van der Waals surface area contributed by atoms with Crippen molar-refractivity contribution in [1.29, 1.82) is 0 Å². The van der Waals surface area contributed by atoms with Gasteiger partial charge in [-0.05, 0) is 32.1 Å². The molecular formula is C14H18N4O. The van der Waals surface area contributed by atoms with Crippen molar-refractivity contribution in [2.45, 2.75) is 12.8 Å². The van der Waals surface area contributed by atoms with Crippen molar-refractivity contribution >= 4 is 11.6 Å². The first-order chi connectivity index (χ1) is 9.29. The summed E-state index contributed by atoms with van der Waals surface area (Å²) in [6, 6.07) is 7.65. The number of hydrogen-bond acceptors (Lipinski definition) is 3. The predicted molar refractivity (Wildman–Crippen MR) is 75.8 cm³/mol. The number of amides is 1. The molecule has 0 spiro atoms. The van der Waals surface area contributed by atoms with Crippen molar-refractivity contribution in [2.75, 3.05) is 18.9 Å². The second kappa shape index (κ2) is 6.70. The molecule has 0 radical (unpaired) electrons. The van der Waals surface area contributed by atoms with E-state index in [1.54, 1.807) is 12.4 Å². The van der Waals surface area contributed by atoms with Crippen molar-refractivity contribution in [3.63, 3.8) is 0 Å². The number of hydrogen-bond donors (Lipinski definition) is 3. The highest BCUT2D eigenvalue weighted by Crippen LogP contribution is 2.19. The summed E-state index contributed by atoms with van der Waals surface area (Å²) < 4.78 is 0. The first kappa shape index (κ1) is 13.3. The number of aromatic amines is 1. The molecule has 1 aromatic carbocycles. The van der Waals surface area contributed by atoms with E-state index in [1.165, 1.54) is 0 Å². The molecule has 0 atom stereocenters. The lowest BCUT2D eigenvalue weighted by Gasteiger charge is -2.06. The monoisotopic (exact) mass is 258 g/mol. The highest BCUT2D eigenvalue weighted by atomic mass is 16.1. The lowest BCUT2D eigenvalue weighted by atomic mass is 10.2. The van der Waals surface area contributed by atoms with Crippen molar-refractivity contribution in [2.24, 2.45) is 0 Å². The number of anilines is 1. The highest BCUT2D eigenvalue weighted by Gasteiger charge is 2.04. The second-order valence-electron chi connectivity index (χ2n) is 4.27. The van der Waals surface area contributed by atoms with Gasteiger partial charge in [-0.2, -0.15) is 0 Å². The number of aromatic nitrogens is 2. The van der Waals surface area contributed by atoms with E-state index in [-0.39, 0.29) is 5.91 Å². The van der Waals surface area contributed by atoms with Gasteiger partial charge in [0.25, 0.3) is 0 Å². The Morgan fingerprint density at radius 2 is 2.32 bits per heavy atom. The van der Waals surface area contributed by atoms with Crippen LogP contribution in [0, 0.1) is 0 Å². The zero-order valence-corrected chi connectivity index (χ0v) is 10.9. The third-order valence-electron chi connectivity index (χ3n) is 2.75. The second-order valence-corrected chi connectivity index (χ2v) is 4.27. The summed E-state index contributed by atoms with van der Waals surface area (Å²) in [7, 11) is 1.88. The average molecular weight is 258 g/mol. The third kappa shape index (κ3) is 3.93. The zero-order valence-electron chi connectivity index (χ0n) is 10.9. The van der Waals surface area contributed by atoms with Crippen LogP contribution in [0.1, 0.15) is 12.8 Å². The summed E-state index contributed by atoms with van der Waals surface area (Å²) >= 11 is 0. The number of benzene rings is 1. The molecule has 2 aromatic rings. The van der Waals surface area contributed by atoms with Crippen molar-refractivity contribution < 1.29 is 4.79 Å². The van der Waals surface area contributed by atoms with Gasteiger partial charge in [-0.25, -0.2) is 4.98 Å². The Hall–Kier alpha value is -2.14. The van der Waals surface area contributed by atoms with Gasteiger partial charge in [0.1, 0.15) is 5.82 Å². The maximum atomic E-state index is 11.7. The molecule has 1 aromatic heterocycles. The Bertz CT molecular complexity index is 522. The van der Waals surface area contributed by atoms with E-state index in [1.807, 2.05) is 31.3 Å². The first-order valence-electron chi connectivity index (χ1n) is 6.34. The van der Waals surface area contributed by atoms with Gasteiger partial charge in [0, 0.05) is 30.1 Å². The van der Waals surface area contributed by atoms with Crippen LogP contribution in [0.25, 0.3) is 11.4 Å². The largest absolute Gasteiger partial charge is 0.345 e. The Labute approximate surface area is 112 Å². The molecule has 5 heteroatoms. The Morgan fingerprint density at radius 3 is 3.05 bits per heavy atom. The molecule has 0 aliphatic rings. The van der Waals surface area contributed by atoms with Crippen LogP contribution in [0.2, 0.25) is 0 Å².